The highest BCUT2D eigenvalue weighted by atomic mass is 79.9. The summed E-state index contributed by atoms with van der Waals surface area (Å²) < 4.78 is 55.5. The van der Waals surface area contributed by atoms with Gasteiger partial charge in [-0.3, -0.25) is 4.90 Å². The maximum absolute atomic E-state index is 13.5. The fourth-order valence-corrected chi connectivity index (χ4v) is 2.75. The SMILES string of the molecule is FC[C@H](c1cc(Br)ccc1OC(F)(F)F)N1CCNCC1. The quantitative estimate of drug-likeness (QED) is 0.823. The van der Waals surface area contributed by atoms with E-state index in [1.54, 1.807) is 0 Å². The molecule has 1 N–H and O–H groups in total. The van der Waals surface area contributed by atoms with Crippen LogP contribution in [0.25, 0.3) is 0 Å². The Balaban J connectivity index is 2.31. The van der Waals surface area contributed by atoms with Crippen molar-refractivity contribution in [3.05, 3.63) is 28.2 Å². The Morgan fingerprint density at radius 3 is 2.52 bits per heavy atom. The standard InChI is InChI=1S/C13H15BrF4N2O/c14-9-1-2-12(21-13(16,17)18)10(7-9)11(8-15)20-5-3-19-4-6-20/h1-2,7,11,19H,3-6,8H2/t11-/m1/s1. The van der Waals surface area contributed by atoms with Gasteiger partial charge in [-0.1, -0.05) is 15.9 Å². The fourth-order valence-electron chi connectivity index (χ4n) is 2.37. The normalized spacial score (nSPS) is 18.5. The molecule has 0 unspecified atom stereocenters. The summed E-state index contributed by atoms with van der Waals surface area (Å²) in [5.41, 5.74) is 0.200. The molecule has 0 saturated carbocycles. The van der Waals surface area contributed by atoms with Crippen LogP contribution < -0.4 is 10.1 Å². The van der Waals surface area contributed by atoms with E-state index in [2.05, 4.69) is 26.0 Å². The zero-order chi connectivity index (χ0) is 15.5. The van der Waals surface area contributed by atoms with Crippen molar-refractivity contribution >= 4 is 15.9 Å². The minimum Gasteiger partial charge on any atom is -0.405 e. The van der Waals surface area contributed by atoms with Crippen LogP contribution in [0.15, 0.2) is 22.7 Å². The lowest BCUT2D eigenvalue weighted by Crippen LogP contribution is -2.45. The Morgan fingerprint density at radius 1 is 1.29 bits per heavy atom. The van der Waals surface area contributed by atoms with Crippen molar-refractivity contribution in [3.63, 3.8) is 0 Å². The van der Waals surface area contributed by atoms with Gasteiger partial charge in [-0.2, -0.15) is 0 Å². The van der Waals surface area contributed by atoms with Gasteiger partial charge in [-0.15, -0.1) is 13.2 Å². The summed E-state index contributed by atoms with van der Waals surface area (Å²) in [6.45, 7) is 1.74. The van der Waals surface area contributed by atoms with Crippen molar-refractivity contribution in [2.45, 2.75) is 12.4 Å². The van der Waals surface area contributed by atoms with E-state index >= 15 is 0 Å². The summed E-state index contributed by atoms with van der Waals surface area (Å²) in [5, 5.41) is 3.12. The lowest BCUT2D eigenvalue weighted by atomic mass is 10.0. The molecule has 1 fully saturated rings. The molecule has 118 valence electrons. The molecule has 0 aliphatic carbocycles. The van der Waals surface area contributed by atoms with E-state index in [1.807, 2.05) is 4.90 Å². The van der Waals surface area contributed by atoms with E-state index in [9.17, 15) is 17.6 Å². The van der Waals surface area contributed by atoms with Crippen LogP contribution in [0.5, 0.6) is 5.75 Å². The average Bonchev–Trinajstić information content (AvgIpc) is 2.42. The molecule has 0 radical (unpaired) electrons. The lowest BCUT2D eigenvalue weighted by molar-refractivity contribution is -0.275. The zero-order valence-corrected chi connectivity index (χ0v) is 12.7. The fraction of sp³-hybridized carbons (Fsp3) is 0.538. The van der Waals surface area contributed by atoms with Gasteiger partial charge in [-0.25, -0.2) is 4.39 Å². The summed E-state index contributed by atoms with van der Waals surface area (Å²) in [4.78, 5) is 1.82. The predicted molar refractivity (Wildman–Crippen MR) is 74.0 cm³/mol. The van der Waals surface area contributed by atoms with Crippen LogP contribution in [0.4, 0.5) is 17.6 Å². The van der Waals surface area contributed by atoms with E-state index in [1.165, 1.54) is 18.2 Å². The van der Waals surface area contributed by atoms with Crippen molar-refractivity contribution in [2.75, 3.05) is 32.9 Å². The third-order valence-corrected chi connectivity index (χ3v) is 3.79. The summed E-state index contributed by atoms with van der Waals surface area (Å²) >= 11 is 3.21. The molecular formula is C13H15BrF4N2O. The number of benzene rings is 1. The number of rotatable bonds is 4. The Bertz CT molecular complexity index is 478. The number of nitrogens with one attached hydrogen (secondary N) is 1. The molecule has 2 rings (SSSR count). The first-order valence-electron chi connectivity index (χ1n) is 6.46. The molecule has 0 spiro atoms. The topological polar surface area (TPSA) is 24.5 Å². The summed E-state index contributed by atoms with van der Waals surface area (Å²) in [5.74, 6) is -0.355. The average molecular weight is 371 g/mol. The minimum atomic E-state index is -4.80. The Kier molecular flexibility index (Phi) is 5.45. The molecule has 21 heavy (non-hydrogen) atoms. The highest BCUT2D eigenvalue weighted by Gasteiger charge is 2.34. The first-order valence-corrected chi connectivity index (χ1v) is 7.26. The van der Waals surface area contributed by atoms with Gasteiger partial charge < -0.3 is 10.1 Å². The van der Waals surface area contributed by atoms with Crippen LogP contribution in [0, 0.1) is 0 Å². The number of halogens is 5. The van der Waals surface area contributed by atoms with Gasteiger partial charge in [0.05, 0.1) is 6.04 Å². The first-order chi connectivity index (χ1) is 9.90. The van der Waals surface area contributed by atoms with Gasteiger partial charge in [0.2, 0.25) is 0 Å². The smallest absolute Gasteiger partial charge is 0.405 e. The van der Waals surface area contributed by atoms with E-state index in [0.29, 0.717) is 30.7 Å². The molecule has 1 aliphatic heterocycles. The largest absolute Gasteiger partial charge is 0.573 e. The highest BCUT2D eigenvalue weighted by molar-refractivity contribution is 9.10. The Morgan fingerprint density at radius 2 is 1.95 bits per heavy atom. The minimum absolute atomic E-state index is 0.200. The lowest BCUT2D eigenvalue weighted by Gasteiger charge is -2.34. The van der Waals surface area contributed by atoms with E-state index < -0.39 is 19.1 Å². The zero-order valence-electron chi connectivity index (χ0n) is 11.1. The second-order valence-electron chi connectivity index (χ2n) is 4.69. The number of hydrogen-bond donors (Lipinski definition) is 1. The molecule has 3 nitrogen and oxygen atoms in total. The molecule has 1 saturated heterocycles. The van der Waals surface area contributed by atoms with Crippen LogP contribution in [-0.2, 0) is 0 Å². The van der Waals surface area contributed by atoms with Crippen molar-refractivity contribution in [1.82, 2.24) is 10.2 Å². The van der Waals surface area contributed by atoms with Gasteiger partial charge in [0.1, 0.15) is 12.4 Å². The summed E-state index contributed by atoms with van der Waals surface area (Å²) in [6.07, 6.45) is -4.80. The number of piperazine rings is 1. The molecule has 1 atom stereocenters. The molecule has 1 aromatic rings. The second kappa shape index (κ2) is 6.93. The van der Waals surface area contributed by atoms with Gasteiger partial charge >= 0.3 is 6.36 Å². The van der Waals surface area contributed by atoms with Gasteiger partial charge in [0, 0.05) is 36.2 Å². The van der Waals surface area contributed by atoms with Crippen LogP contribution in [0.1, 0.15) is 11.6 Å². The number of hydrogen-bond acceptors (Lipinski definition) is 3. The predicted octanol–water partition coefficient (Wildman–Crippen LogP) is 3.26. The molecule has 8 heteroatoms. The molecule has 1 aromatic carbocycles. The summed E-state index contributed by atoms with van der Waals surface area (Å²) in [6, 6.07) is 3.38. The Labute approximate surface area is 128 Å². The second-order valence-corrected chi connectivity index (χ2v) is 5.60. The number of nitrogens with zero attached hydrogens (tertiary/aromatic N) is 1. The van der Waals surface area contributed by atoms with Crippen LogP contribution in [-0.4, -0.2) is 44.1 Å². The van der Waals surface area contributed by atoms with Crippen LogP contribution in [0.2, 0.25) is 0 Å². The Hall–Kier alpha value is -0.860. The molecule has 0 amide bonds. The van der Waals surface area contributed by atoms with Crippen LogP contribution >= 0.6 is 15.9 Å². The van der Waals surface area contributed by atoms with Gasteiger partial charge in [0.15, 0.2) is 0 Å². The molecule has 0 aromatic heterocycles. The first kappa shape index (κ1) is 16.5. The van der Waals surface area contributed by atoms with Crippen LogP contribution in [0.3, 0.4) is 0 Å². The third-order valence-electron chi connectivity index (χ3n) is 3.30. The maximum atomic E-state index is 13.5. The molecule has 1 heterocycles. The highest BCUT2D eigenvalue weighted by Crippen LogP contribution is 2.35. The van der Waals surface area contributed by atoms with Crippen molar-refractivity contribution in [1.29, 1.82) is 0 Å². The van der Waals surface area contributed by atoms with E-state index in [-0.39, 0.29) is 11.3 Å². The van der Waals surface area contributed by atoms with E-state index in [4.69, 9.17) is 0 Å². The summed E-state index contributed by atoms with van der Waals surface area (Å²) in [7, 11) is 0. The third kappa shape index (κ3) is 4.55. The van der Waals surface area contributed by atoms with E-state index in [0.717, 1.165) is 0 Å². The molecule has 1 aliphatic rings. The maximum Gasteiger partial charge on any atom is 0.573 e. The van der Waals surface area contributed by atoms with Crippen molar-refractivity contribution in [3.8, 4) is 5.75 Å². The van der Waals surface area contributed by atoms with Gasteiger partial charge in [0.25, 0.3) is 0 Å². The number of ether oxygens (including phenoxy) is 1. The van der Waals surface area contributed by atoms with Crippen molar-refractivity contribution < 1.29 is 22.3 Å². The van der Waals surface area contributed by atoms with Crippen molar-refractivity contribution in [2.24, 2.45) is 0 Å². The molecular weight excluding hydrogens is 356 g/mol. The molecule has 0 bridgehead atoms. The number of alkyl halides is 4. The van der Waals surface area contributed by atoms with Gasteiger partial charge in [-0.05, 0) is 18.2 Å². The monoisotopic (exact) mass is 370 g/mol.